The van der Waals surface area contributed by atoms with Crippen molar-refractivity contribution in [1.29, 1.82) is 0 Å². The molecule has 112 valence electrons. The van der Waals surface area contributed by atoms with Gasteiger partial charge in [-0.2, -0.15) is 13.2 Å². The summed E-state index contributed by atoms with van der Waals surface area (Å²) in [5.74, 6) is 0.315. The molecule has 20 heavy (non-hydrogen) atoms. The molecule has 0 unspecified atom stereocenters. The Labute approximate surface area is 118 Å². The summed E-state index contributed by atoms with van der Waals surface area (Å²) in [4.78, 5) is 0.532. The van der Waals surface area contributed by atoms with E-state index in [1.165, 1.54) is 17.8 Å². The monoisotopic (exact) mass is 308 g/mol. The van der Waals surface area contributed by atoms with Gasteiger partial charge in [-0.3, -0.25) is 0 Å². The number of benzene rings is 1. The predicted octanol–water partition coefficient (Wildman–Crippen LogP) is 2.93. The lowest BCUT2D eigenvalue weighted by Gasteiger charge is -2.12. The fraction of sp³-hybridized carbons (Fsp3) is 0.417. The molecule has 0 bridgehead atoms. The number of amidine groups is 1. The number of nitrogens with zero attached hydrogens (tertiary/aromatic N) is 1. The average Bonchev–Trinajstić information content (AvgIpc) is 2.41. The van der Waals surface area contributed by atoms with Crippen LogP contribution < -0.4 is 5.73 Å². The number of alkyl halides is 3. The standard InChI is InChI=1S/C12H15F3N2O2S/c1-19-5-2-6-20-10-4-3-8(12(13,14)15)7-9(10)11(16)17-18/h3-4,7,18H,2,5-6H2,1H3,(H2,16,17). The van der Waals surface area contributed by atoms with E-state index in [0.29, 0.717) is 17.3 Å². The molecule has 0 spiro atoms. The van der Waals surface area contributed by atoms with E-state index in [1.807, 2.05) is 0 Å². The zero-order valence-corrected chi connectivity index (χ0v) is 11.6. The minimum Gasteiger partial charge on any atom is -0.409 e. The molecule has 1 aromatic rings. The third-order valence-electron chi connectivity index (χ3n) is 2.44. The first-order valence-electron chi connectivity index (χ1n) is 5.71. The number of rotatable bonds is 6. The third kappa shape index (κ3) is 4.61. The van der Waals surface area contributed by atoms with Gasteiger partial charge in [-0.25, -0.2) is 0 Å². The van der Waals surface area contributed by atoms with Crippen molar-refractivity contribution in [2.24, 2.45) is 10.9 Å². The van der Waals surface area contributed by atoms with Gasteiger partial charge >= 0.3 is 6.18 Å². The number of oxime groups is 1. The summed E-state index contributed by atoms with van der Waals surface area (Å²) in [6, 6.07) is 3.19. The Balaban J connectivity index is 2.99. The van der Waals surface area contributed by atoms with Crippen molar-refractivity contribution in [1.82, 2.24) is 0 Å². The van der Waals surface area contributed by atoms with Crippen LogP contribution in [0.15, 0.2) is 28.3 Å². The van der Waals surface area contributed by atoms with Gasteiger partial charge < -0.3 is 15.7 Å². The highest BCUT2D eigenvalue weighted by molar-refractivity contribution is 7.99. The molecule has 8 heteroatoms. The average molecular weight is 308 g/mol. The number of nitrogens with two attached hydrogens (primary N) is 1. The minimum absolute atomic E-state index is 0.0738. The molecule has 0 amide bonds. The van der Waals surface area contributed by atoms with Crippen LogP contribution in [-0.4, -0.2) is 30.5 Å². The van der Waals surface area contributed by atoms with Crippen LogP contribution in [-0.2, 0) is 10.9 Å². The number of ether oxygens (including phenoxy) is 1. The summed E-state index contributed by atoms with van der Waals surface area (Å²) in [7, 11) is 1.57. The van der Waals surface area contributed by atoms with Crippen molar-refractivity contribution in [3.63, 3.8) is 0 Å². The fourth-order valence-corrected chi connectivity index (χ4v) is 2.44. The van der Waals surface area contributed by atoms with Crippen LogP contribution in [0.2, 0.25) is 0 Å². The second-order valence-electron chi connectivity index (χ2n) is 3.89. The second kappa shape index (κ2) is 7.39. The van der Waals surface area contributed by atoms with Crippen molar-refractivity contribution in [2.75, 3.05) is 19.5 Å². The summed E-state index contributed by atoms with van der Waals surface area (Å²) in [5, 5.41) is 11.4. The van der Waals surface area contributed by atoms with E-state index in [0.717, 1.165) is 18.6 Å². The largest absolute Gasteiger partial charge is 0.416 e. The lowest BCUT2D eigenvalue weighted by molar-refractivity contribution is -0.137. The van der Waals surface area contributed by atoms with Gasteiger partial charge in [0.1, 0.15) is 0 Å². The molecule has 0 radical (unpaired) electrons. The molecule has 0 atom stereocenters. The topological polar surface area (TPSA) is 67.8 Å². The van der Waals surface area contributed by atoms with E-state index >= 15 is 0 Å². The molecule has 3 N–H and O–H groups in total. The lowest BCUT2D eigenvalue weighted by Crippen LogP contribution is -2.16. The number of methoxy groups -OCH3 is 1. The SMILES string of the molecule is COCCCSc1ccc(C(F)(F)F)cc1C(N)=NO. The zero-order valence-electron chi connectivity index (χ0n) is 10.8. The first-order valence-corrected chi connectivity index (χ1v) is 6.69. The first-order chi connectivity index (χ1) is 9.40. The molecule has 1 aromatic carbocycles. The predicted molar refractivity (Wildman–Crippen MR) is 71.2 cm³/mol. The zero-order chi connectivity index (χ0) is 15.2. The molecular formula is C12H15F3N2O2S. The van der Waals surface area contributed by atoms with Crippen LogP contribution in [0.5, 0.6) is 0 Å². The highest BCUT2D eigenvalue weighted by Gasteiger charge is 2.31. The van der Waals surface area contributed by atoms with Crippen LogP contribution >= 0.6 is 11.8 Å². The highest BCUT2D eigenvalue weighted by atomic mass is 32.2. The van der Waals surface area contributed by atoms with Crippen LogP contribution in [0, 0.1) is 0 Å². The molecule has 0 saturated heterocycles. The molecule has 0 aliphatic rings. The Bertz CT molecular complexity index is 478. The maximum absolute atomic E-state index is 12.7. The Kier molecular flexibility index (Phi) is 6.15. The van der Waals surface area contributed by atoms with E-state index in [2.05, 4.69) is 5.16 Å². The normalized spacial score (nSPS) is 12.7. The third-order valence-corrected chi connectivity index (χ3v) is 3.60. The van der Waals surface area contributed by atoms with Crippen LogP contribution in [0.3, 0.4) is 0 Å². The summed E-state index contributed by atoms with van der Waals surface area (Å²) >= 11 is 1.33. The van der Waals surface area contributed by atoms with Gasteiger partial charge in [-0.05, 0) is 24.6 Å². The number of halogens is 3. The van der Waals surface area contributed by atoms with Crippen LogP contribution in [0.1, 0.15) is 17.5 Å². The molecule has 0 fully saturated rings. The molecular weight excluding hydrogens is 293 g/mol. The summed E-state index contributed by atoms with van der Waals surface area (Å²) < 4.78 is 42.9. The molecule has 0 heterocycles. The van der Waals surface area contributed by atoms with Crippen LogP contribution in [0.4, 0.5) is 13.2 Å². The molecule has 0 aromatic heterocycles. The van der Waals surface area contributed by atoms with Crippen molar-refractivity contribution < 1.29 is 23.1 Å². The summed E-state index contributed by atoms with van der Waals surface area (Å²) in [6.45, 7) is 0.562. The van der Waals surface area contributed by atoms with Crippen LogP contribution in [0.25, 0.3) is 0 Å². The number of hydrogen-bond donors (Lipinski definition) is 2. The maximum atomic E-state index is 12.7. The number of hydrogen-bond acceptors (Lipinski definition) is 4. The van der Waals surface area contributed by atoms with Gasteiger partial charge in [0.2, 0.25) is 0 Å². The van der Waals surface area contributed by atoms with Crippen molar-refractivity contribution in [3.8, 4) is 0 Å². The number of thioether (sulfide) groups is 1. The van der Waals surface area contributed by atoms with Gasteiger partial charge in [0, 0.05) is 29.9 Å². The smallest absolute Gasteiger partial charge is 0.409 e. The maximum Gasteiger partial charge on any atom is 0.416 e. The Hall–Kier alpha value is -1.41. The molecule has 0 aliphatic heterocycles. The van der Waals surface area contributed by atoms with E-state index in [1.54, 1.807) is 7.11 Å². The van der Waals surface area contributed by atoms with Crippen molar-refractivity contribution in [2.45, 2.75) is 17.5 Å². The summed E-state index contributed by atoms with van der Waals surface area (Å²) in [6.07, 6.45) is -3.72. The molecule has 4 nitrogen and oxygen atoms in total. The van der Waals surface area contributed by atoms with E-state index in [4.69, 9.17) is 15.7 Å². The molecule has 1 rings (SSSR count). The minimum atomic E-state index is -4.47. The van der Waals surface area contributed by atoms with Gasteiger partial charge in [-0.15, -0.1) is 11.8 Å². The lowest BCUT2D eigenvalue weighted by atomic mass is 10.1. The Morgan fingerprint density at radius 2 is 2.15 bits per heavy atom. The van der Waals surface area contributed by atoms with E-state index in [-0.39, 0.29) is 11.4 Å². The van der Waals surface area contributed by atoms with Gasteiger partial charge in [-0.1, -0.05) is 5.16 Å². The fourth-order valence-electron chi connectivity index (χ4n) is 1.47. The van der Waals surface area contributed by atoms with E-state index < -0.39 is 11.7 Å². The van der Waals surface area contributed by atoms with Gasteiger partial charge in [0.15, 0.2) is 5.84 Å². The Morgan fingerprint density at radius 3 is 2.70 bits per heavy atom. The van der Waals surface area contributed by atoms with Crippen molar-refractivity contribution >= 4 is 17.6 Å². The molecule has 0 saturated carbocycles. The molecule has 0 aliphatic carbocycles. The van der Waals surface area contributed by atoms with Gasteiger partial charge in [0.05, 0.1) is 5.56 Å². The quantitative estimate of drug-likeness (QED) is 0.212. The second-order valence-corrected chi connectivity index (χ2v) is 5.03. The Morgan fingerprint density at radius 1 is 1.45 bits per heavy atom. The van der Waals surface area contributed by atoms with Gasteiger partial charge in [0.25, 0.3) is 0 Å². The first kappa shape index (κ1) is 16.6. The van der Waals surface area contributed by atoms with Crippen molar-refractivity contribution in [3.05, 3.63) is 29.3 Å². The van der Waals surface area contributed by atoms with E-state index in [9.17, 15) is 13.2 Å². The highest BCUT2D eigenvalue weighted by Crippen LogP contribution is 2.33. The summed E-state index contributed by atoms with van der Waals surface area (Å²) in [5.41, 5.74) is 4.67.